The third-order valence-electron chi connectivity index (χ3n) is 5.18. The van der Waals surface area contributed by atoms with Crippen molar-refractivity contribution in [1.29, 1.82) is 0 Å². The van der Waals surface area contributed by atoms with E-state index in [0.717, 1.165) is 48.3 Å². The van der Waals surface area contributed by atoms with E-state index in [0.29, 0.717) is 11.6 Å². The number of hydrogen-bond acceptors (Lipinski definition) is 6. The van der Waals surface area contributed by atoms with Gasteiger partial charge in [-0.05, 0) is 42.0 Å². The van der Waals surface area contributed by atoms with Gasteiger partial charge in [0.15, 0.2) is 0 Å². The van der Waals surface area contributed by atoms with Crippen LogP contribution in [0.25, 0.3) is 0 Å². The van der Waals surface area contributed by atoms with Crippen LogP contribution in [-0.2, 0) is 11.3 Å². The number of amides is 1. The van der Waals surface area contributed by atoms with Gasteiger partial charge in [0.1, 0.15) is 23.0 Å². The van der Waals surface area contributed by atoms with Crippen LogP contribution in [0.5, 0.6) is 0 Å². The molecule has 0 saturated carbocycles. The van der Waals surface area contributed by atoms with Gasteiger partial charge in [0.25, 0.3) is 0 Å². The van der Waals surface area contributed by atoms with Crippen LogP contribution in [0.4, 0.5) is 15.9 Å². The third-order valence-corrected chi connectivity index (χ3v) is 6.35. The van der Waals surface area contributed by atoms with Gasteiger partial charge in [-0.3, -0.25) is 4.79 Å². The van der Waals surface area contributed by atoms with Crippen molar-refractivity contribution >= 4 is 40.8 Å². The largest absolute Gasteiger partial charge is 0.368 e. The van der Waals surface area contributed by atoms with Crippen LogP contribution in [0.3, 0.4) is 0 Å². The number of halogens is 2. The Morgan fingerprint density at radius 2 is 1.69 bits per heavy atom. The molecule has 0 aliphatic carbocycles. The highest BCUT2D eigenvalue weighted by molar-refractivity contribution is 7.99. The highest BCUT2D eigenvalue weighted by atomic mass is 35.5. The summed E-state index contributed by atoms with van der Waals surface area (Å²) in [5, 5.41) is 4.34. The number of carbonyl (C=O) groups is 1. The van der Waals surface area contributed by atoms with Crippen LogP contribution < -0.4 is 15.1 Å². The summed E-state index contributed by atoms with van der Waals surface area (Å²) in [7, 11) is 0. The number of nitrogens with one attached hydrogen (secondary N) is 1. The molecule has 0 unspecified atom stereocenters. The number of thioether (sulfide) groups is 1. The smallest absolute Gasteiger partial charge is 0.230 e. The van der Waals surface area contributed by atoms with E-state index in [1.807, 2.05) is 30.3 Å². The summed E-state index contributed by atoms with van der Waals surface area (Å²) in [6.45, 7) is 3.72. The Balaban J connectivity index is 1.25. The predicted octanol–water partition coefficient (Wildman–Crippen LogP) is 4.00. The Morgan fingerprint density at radius 3 is 2.41 bits per heavy atom. The minimum absolute atomic E-state index is 0.0574. The van der Waals surface area contributed by atoms with Crippen LogP contribution >= 0.6 is 23.4 Å². The number of benzene rings is 2. The van der Waals surface area contributed by atoms with Crippen LogP contribution in [-0.4, -0.2) is 47.8 Å². The van der Waals surface area contributed by atoms with Gasteiger partial charge in [-0.15, -0.1) is 0 Å². The minimum atomic E-state index is -0.225. The number of piperazine rings is 1. The van der Waals surface area contributed by atoms with Crippen molar-refractivity contribution in [3.05, 3.63) is 77.3 Å². The average molecular weight is 472 g/mol. The molecule has 4 rings (SSSR count). The Labute approximate surface area is 195 Å². The monoisotopic (exact) mass is 471 g/mol. The van der Waals surface area contributed by atoms with Crippen LogP contribution in [0, 0.1) is 5.82 Å². The molecule has 9 heteroatoms. The molecule has 6 nitrogen and oxygen atoms in total. The quantitative estimate of drug-likeness (QED) is 0.415. The standard InChI is InChI=1S/C23H23ClFN5OS/c24-18-3-1-17(2-4-18)14-26-22(31)15-32-23-13-21(27-16-28-23)30-11-9-29(10-12-30)20-7-5-19(25)6-8-20/h1-8,13,16H,9-12,14-15H2,(H,26,31). The molecule has 0 spiro atoms. The van der Waals surface area contributed by atoms with Gasteiger partial charge in [0.05, 0.1) is 5.75 Å². The molecule has 32 heavy (non-hydrogen) atoms. The van der Waals surface area contributed by atoms with Gasteiger partial charge in [-0.25, -0.2) is 14.4 Å². The molecule has 1 aromatic heterocycles. The molecule has 1 N–H and O–H groups in total. The molecule has 1 aliphatic heterocycles. The van der Waals surface area contributed by atoms with Gasteiger partial charge < -0.3 is 15.1 Å². The van der Waals surface area contributed by atoms with Crippen molar-refractivity contribution in [2.75, 3.05) is 41.7 Å². The first-order valence-corrected chi connectivity index (χ1v) is 11.6. The third kappa shape index (κ3) is 6.11. The maximum atomic E-state index is 13.1. The summed E-state index contributed by atoms with van der Waals surface area (Å²) >= 11 is 7.27. The zero-order chi connectivity index (χ0) is 22.3. The second-order valence-electron chi connectivity index (χ2n) is 7.36. The van der Waals surface area contributed by atoms with Gasteiger partial charge in [0.2, 0.25) is 5.91 Å². The van der Waals surface area contributed by atoms with E-state index in [-0.39, 0.29) is 17.5 Å². The molecule has 1 amide bonds. The number of carbonyl (C=O) groups excluding carboxylic acids is 1. The predicted molar refractivity (Wildman–Crippen MR) is 127 cm³/mol. The van der Waals surface area contributed by atoms with Crippen molar-refractivity contribution in [3.63, 3.8) is 0 Å². The van der Waals surface area contributed by atoms with E-state index in [1.165, 1.54) is 30.2 Å². The Morgan fingerprint density at radius 1 is 1.00 bits per heavy atom. The Bertz CT molecular complexity index is 1040. The van der Waals surface area contributed by atoms with Crippen molar-refractivity contribution in [2.45, 2.75) is 11.6 Å². The average Bonchev–Trinajstić information content (AvgIpc) is 2.83. The highest BCUT2D eigenvalue weighted by Crippen LogP contribution is 2.23. The fourth-order valence-electron chi connectivity index (χ4n) is 3.42. The fraction of sp³-hybridized carbons (Fsp3) is 0.261. The summed E-state index contributed by atoms with van der Waals surface area (Å²) < 4.78 is 13.1. The van der Waals surface area contributed by atoms with Crippen molar-refractivity contribution in [2.24, 2.45) is 0 Å². The molecule has 0 atom stereocenters. The molecule has 2 heterocycles. The first-order valence-electron chi connectivity index (χ1n) is 10.3. The molecule has 0 radical (unpaired) electrons. The highest BCUT2D eigenvalue weighted by Gasteiger charge is 2.19. The molecule has 0 bridgehead atoms. The van der Waals surface area contributed by atoms with E-state index in [1.54, 1.807) is 12.1 Å². The first-order chi connectivity index (χ1) is 15.6. The molecular weight excluding hydrogens is 449 g/mol. The minimum Gasteiger partial charge on any atom is -0.368 e. The molecule has 166 valence electrons. The lowest BCUT2D eigenvalue weighted by Gasteiger charge is -2.36. The lowest BCUT2D eigenvalue weighted by molar-refractivity contribution is -0.118. The summed E-state index contributed by atoms with van der Waals surface area (Å²) in [4.78, 5) is 25.3. The lowest BCUT2D eigenvalue weighted by atomic mass is 10.2. The molecule has 1 saturated heterocycles. The molecule has 1 aliphatic rings. The molecule has 2 aromatic carbocycles. The maximum absolute atomic E-state index is 13.1. The van der Waals surface area contributed by atoms with Crippen molar-refractivity contribution in [1.82, 2.24) is 15.3 Å². The van der Waals surface area contributed by atoms with Gasteiger partial charge in [-0.1, -0.05) is 35.5 Å². The van der Waals surface area contributed by atoms with Crippen molar-refractivity contribution < 1.29 is 9.18 Å². The number of hydrogen-bond donors (Lipinski definition) is 1. The fourth-order valence-corrected chi connectivity index (χ4v) is 4.24. The second kappa shape index (κ2) is 10.7. The number of rotatable bonds is 7. The maximum Gasteiger partial charge on any atom is 0.230 e. The van der Waals surface area contributed by atoms with E-state index in [9.17, 15) is 9.18 Å². The molecular formula is C23H23ClFN5OS. The summed E-state index contributed by atoms with van der Waals surface area (Å²) in [5.74, 6) is 0.848. The summed E-state index contributed by atoms with van der Waals surface area (Å²) in [6, 6.07) is 15.9. The Kier molecular flexibility index (Phi) is 7.44. The topological polar surface area (TPSA) is 61.4 Å². The summed E-state index contributed by atoms with van der Waals surface area (Å²) in [6.07, 6.45) is 1.54. The van der Waals surface area contributed by atoms with E-state index >= 15 is 0 Å². The Hall–Kier alpha value is -2.84. The van der Waals surface area contributed by atoms with E-state index < -0.39 is 0 Å². The second-order valence-corrected chi connectivity index (χ2v) is 8.79. The number of aromatic nitrogens is 2. The number of nitrogens with zero attached hydrogens (tertiary/aromatic N) is 4. The van der Waals surface area contributed by atoms with Gasteiger partial charge in [0, 0.05) is 49.5 Å². The van der Waals surface area contributed by atoms with Crippen molar-refractivity contribution in [3.8, 4) is 0 Å². The van der Waals surface area contributed by atoms with Crippen LogP contribution in [0.15, 0.2) is 66.0 Å². The van der Waals surface area contributed by atoms with E-state index in [4.69, 9.17) is 11.6 Å². The van der Waals surface area contributed by atoms with Gasteiger partial charge in [-0.2, -0.15) is 0 Å². The van der Waals surface area contributed by atoms with E-state index in [2.05, 4.69) is 25.1 Å². The molecule has 3 aromatic rings. The lowest BCUT2D eigenvalue weighted by Crippen LogP contribution is -2.46. The van der Waals surface area contributed by atoms with Crippen LogP contribution in [0.2, 0.25) is 5.02 Å². The molecule has 1 fully saturated rings. The zero-order valence-corrected chi connectivity index (χ0v) is 18.9. The first kappa shape index (κ1) is 22.4. The van der Waals surface area contributed by atoms with Crippen LogP contribution in [0.1, 0.15) is 5.56 Å². The zero-order valence-electron chi connectivity index (χ0n) is 17.4. The van der Waals surface area contributed by atoms with Gasteiger partial charge >= 0.3 is 0 Å². The SMILES string of the molecule is O=C(CSc1cc(N2CCN(c3ccc(F)cc3)CC2)ncn1)NCc1ccc(Cl)cc1. The normalized spacial score (nSPS) is 13.8. The number of anilines is 2. The summed E-state index contributed by atoms with van der Waals surface area (Å²) in [5.41, 5.74) is 2.02.